The van der Waals surface area contributed by atoms with Crippen LogP contribution in [0.3, 0.4) is 0 Å². The molecule has 1 fully saturated rings. The summed E-state index contributed by atoms with van der Waals surface area (Å²) >= 11 is 0. The molecular formula is C13H15FN2O5. The predicted octanol–water partition coefficient (Wildman–Crippen LogP) is 0.749. The molecule has 0 saturated carbocycles. The van der Waals surface area contributed by atoms with Gasteiger partial charge in [-0.3, -0.25) is 0 Å². The minimum Gasteiger partial charge on any atom is -0.478 e. The van der Waals surface area contributed by atoms with Crippen molar-refractivity contribution in [2.45, 2.75) is 6.04 Å². The lowest BCUT2D eigenvalue weighted by Crippen LogP contribution is -2.52. The summed E-state index contributed by atoms with van der Waals surface area (Å²) in [5.74, 6) is -2.18. The Morgan fingerprint density at radius 2 is 2.24 bits per heavy atom. The van der Waals surface area contributed by atoms with Crippen molar-refractivity contribution in [2.75, 3.05) is 31.7 Å². The third-order valence-corrected chi connectivity index (χ3v) is 3.18. The van der Waals surface area contributed by atoms with E-state index in [0.717, 1.165) is 6.07 Å². The molecule has 7 nitrogen and oxygen atoms in total. The molecule has 1 atom stereocenters. The first kappa shape index (κ1) is 15.2. The molecule has 1 saturated heterocycles. The smallest absolute Gasteiger partial charge is 0.337 e. The summed E-state index contributed by atoms with van der Waals surface area (Å²) in [4.78, 5) is 24.5. The number of nitrogens with one attached hydrogen (secondary N) is 1. The first-order valence-corrected chi connectivity index (χ1v) is 6.32. The summed E-state index contributed by atoms with van der Waals surface area (Å²) in [5, 5.41) is 20.5. The zero-order valence-corrected chi connectivity index (χ0v) is 11.1. The lowest BCUT2D eigenvalue weighted by Gasteiger charge is -2.34. The molecule has 2 rings (SSSR count). The van der Waals surface area contributed by atoms with Crippen LogP contribution in [0.5, 0.6) is 0 Å². The summed E-state index contributed by atoms with van der Waals surface area (Å²) in [5.41, 5.74) is -0.727. The maximum Gasteiger partial charge on any atom is 0.337 e. The standard InChI is InChI=1S/C13H15FN2O5/c14-10-3-1-2-9(12(18)19)11(10)15-13(20)16-4-5-21-7-8(16)6-17/h1-3,8,17H,4-7H2,(H,15,20)(H,18,19). The van der Waals surface area contributed by atoms with Gasteiger partial charge in [0.15, 0.2) is 0 Å². The van der Waals surface area contributed by atoms with Crippen LogP contribution in [0.25, 0.3) is 0 Å². The van der Waals surface area contributed by atoms with Gasteiger partial charge < -0.3 is 25.2 Å². The zero-order chi connectivity index (χ0) is 15.4. The highest BCUT2D eigenvalue weighted by atomic mass is 19.1. The van der Waals surface area contributed by atoms with Crippen LogP contribution in [0, 0.1) is 5.82 Å². The molecule has 0 radical (unpaired) electrons. The van der Waals surface area contributed by atoms with Crippen LogP contribution in [0.4, 0.5) is 14.9 Å². The van der Waals surface area contributed by atoms with Gasteiger partial charge in [-0.2, -0.15) is 0 Å². The van der Waals surface area contributed by atoms with Gasteiger partial charge in [-0.15, -0.1) is 0 Å². The molecule has 0 aliphatic carbocycles. The van der Waals surface area contributed by atoms with Crippen molar-refractivity contribution in [3.8, 4) is 0 Å². The number of halogens is 1. The van der Waals surface area contributed by atoms with E-state index >= 15 is 0 Å². The Bertz CT molecular complexity index is 551. The summed E-state index contributed by atoms with van der Waals surface area (Å²) in [6.07, 6.45) is 0. The Morgan fingerprint density at radius 1 is 1.48 bits per heavy atom. The molecule has 1 heterocycles. The Balaban J connectivity index is 2.21. The molecule has 21 heavy (non-hydrogen) atoms. The van der Waals surface area contributed by atoms with Gasteiger partial charge in [0.25, 0.3) is 0 Å². The Morgan fingerprint density at radius 3 is 2.90 bits per heavy atom. The van der Waals surface area contributed by atoms with E-state index < -0.39 is 29.5 Å². The summed E-state index contributed by atoms with van der Waals surface area (Å²) in [7, 11) is 0. The monoisotopic (exact) mass is 298 g/mol. The lowest BCUT2D eigenvalue weighted by molar-refractivity contribution is -0.00486. The number of carboxylic acid groups (broad SMARTS) is 1. The molecule has 1 aliphatic rings. The van der Waals surface area contributed by atoms with Crippen molar-refractivity contribution < 1.29 is 28.9 Å². The van der Waals surface area contributed by atoms with Crippen molar-refractivity contribution in [2.24, 2.45) is 0 Å². The van der Waals surface area contributed by atoms with Gasteiger partial charge in [-0.1, -0.05) is 6.07 Å². The van der Waals surface area contributed by atoms with Gasteiger partial charge in [-0.05, 0) is 12.1 Å². The molecule has 0 spiro atoms. The molecule has 114 valence electrons. The second kappa shape index (κ2) is 6.51. The number of ether oxygens (including phenoxy) is 1. The quantitative estimate of drug-likeness (QED) is 0.764. The number of para-hydroxylation sites is 1. The number of hydrogen-bond acceptors (Lipinski definition) is 4. The van der Waals surface area contributed by atoms with E-state index in [1.54, 1.807) is 0 Å². The topological polar surface area (TPSA) is 99.1 Å². The third kappa shape index (κ3) is 3.29. The summed E-state index contributed by atoms with van der Waals surface area (Å²) < 4.78 is 18.9. The second-order valence-corrected chi connectivity index (χ2v) is 4.50. The van der Waals surface area contributed by atoms with E-state index in [0.29, 0.717) is 6.61 Å². The summed E-state index contributed by atoms with van der Waals surface area (Å²) in [6.45, 7) is 0.407. The van der Waals surface area contributed by atoms with Crippen LogP contribution in [0.2, 0.25) is 0 Å². The molecule has 0 bridgehead atoms. The number of aliphatic hydroxyl groups excluding tert-OH is 1. The SMILES string of the molecule is O=C(O)c1cccc(F)c1NC(=O)N1CCOCC1CO. The molecule has 1 aromatic rings. The van der Waals surface area contributed by atoms with Crippen molar-refractivity contribution in [3.63, 3.8) is 0 Å². The Kier molecular flexibility index (Phi) is 4.71. The molecule has 1 aromatic carbocycles. The van der Waals surface area contributed by atoms with E-state index in [9.17, 15) is 19.1 Å². The molecule has 2 amide bonds. The number of hydrogen-bond donors (Lipinski definition) is 3. The third-order valence-electron chi connectivity index (χ3n) is 3.18. The number of carbonyl (C=O) groups is 2. The highest BCUT2D eigenvalue weighted by Crippen LogP contribution is 2.21. The number of nitrogens with zero attached hydrogens (tertiary/aromatic N) is 1. The van der Waals surface area contributed by atoms with E-state index in [1.165, 1.54) is 17.0 Å². The number of aliphatic hydroxyl groups is 1. The molecule has 3 N–H and O–H groups in total. The fraction of sp³-hybridized carbons (Fsp3) is 0.385. The molecule has 1 unspecified atom stereocenters. The highest BCUT2D eigenvalue weighted by Gasteiger charge is 2.28. The maximum atomic E-state index is 13.7. The minimum absolute atomic E-state index is 0.174. The normalized spacial score (nSPS) is 18.4. The number of benzene rings is 1. The van der Waals surface area contributed by atoms with E-state index in [2.05, 4.69) is 5.32 Å². The predicted molar refractivity (Wildman–Crippen MR) is 70.8 cm³/mol. The van der Waals surface area contributed by atoms with Crippen LogP contribution in [-0.4, -0.2) is 59.5 Å². The maximum absolute atomic E-state index is 13.7. The number of aromatic carboxylic acids is 1. The van der Waals surface area contributed by atoms with Crippen molar-refractivity contribution >= 4 is 17.7 Å². The van der Waals surface area contributed by atoms with Crippen LogP contribution in [0.1, 0.15) is 10.4 Å². The average Bonchev–Trinajstić information content (AvgIpc) is 2.48. The van der Waals surface area contributed by atoms with Crippen LogP contribution < -0.4 is 5.32 Å². The fourth-order valence-corrected chi connectivity index (χ4v) is 2.08. The van der Waals surface area contributed by atoms with E-state index in [1.807, 2.05) is 0 Å². The fourth-order valence-electron chi connectivity index (χ4n) is 2.08. The summed E-state index contributed by atoms with van der Waals surface area (Å²) in [6, 6.07) is 2.29. The molecule has 0 aromatic heterocycles. The van der Waals surface area contributed by atoms with E-state index in [-0.39, 0.29) is 25.3 Å². The number of rotatable bonds is 3. The van der Waals surface area contributed by atoms with E-state index in [4.69, 9.17) is 9.84 Å². The second-order valence-electron chi connectivity index (χ2n) is 4.50. The van der Waals surface area contributed by atoms with Gasteiger partial charge >= 0.3 is 12.0 Å². The van der Waals surface area contributed by atoms with Gasteiger partial charge in [0, 0.05) is 6.54 Å². The number of carbonyl (C=O) groups excluding carboxylic acids is 1. The average molecular weight is 298 g/mol. The Labute approximate surface area is 119 Å². The van der Waals surface area contributed by atoms with Gasteiger partial charge in [-0.25, -0.2) is 14.0 Å². The van der Waals surface area contributed by atoms with Gasteiger partial charge in [0.1, 0.15) is 5.82 Å². The van der Waals surface area contributed by atoms with Crippen LogP contribution >= 0.6 is 0 Å². The number of anilines is 1. The first-order chi connectivity index (χ1) is 10.0. The number of amides is 2. The Hall–Kier alpha value is -2.19. The van der Waals surface area contributed by atoms with Crippen molar-refractivity contribution in [1.29, 1.82) is 0 Å². The highest BCUT2D eigenvalue weighted by molar-refractivity contribution is 6.00. The molecule has 8 heteroatoms. The molecule has 1 aliphatic heterocycles. The number of morpholine rings is 1. The van der Waals surface area contributed by atoms with Gasteiger partial charge in [0.2, 0.25) is 0 Å². The van der Waals surface area contributed by atoms with Crippen LogP contribution in [-0.2, 0) is 4.74 Å². The van der Waals surface area contributed by atoms with Gasteiger partial charge in [0.05, 0.1) is 37.1 Å². The molecular weight excluding hydrogens is 283 g/mol. The largest absolute Gasteiger partial charge is 0.478 e. The zero-order valence-electron chi connectivity index (χ0n) is 11.1. The van der Waals surface area contributed by atoms with Crippen LogP contribution in [0.15, 0.2) is 18.2 Å². The lowest BCUT2D eigenvalue weighted by atomic mass is 10.1. The van der Waals surface area contributed by atoms with Crippen molar-refractivity contribution in [3.05, 3.63) is 29.6 Å². The minimum atomic E-state index is -1.34. The van der Waals surface area contributed by atoms with Crippen molar-refractivity contribution in [1.82, 2.24) is 4.90 Å². The number of carboxylic acids is 1. The first-order valence-electron chi connectivity index (χ1n) is 6.32. The number of urea groups is 1.